The summed E-state index contributed by atoms with van der Waals surface area (Å²) < 4.78 is 0. The zero-order valence-electron chi connectivity index (χ0n) is 7.08. The van der Waals surface area contributed by atoms with E-state index in [2.05, 4.69) is 0 Å². The second-order valence-electron chi connectivity index (χ2n) is 2.95. The summed E-state index contributed by atoms with van der Waals surface area (Å²) in [5.41, 5.74) is 5.34. The van der Waals surface area contributed by atoms with Crippen LogP contribution in [0.4, 0.5) is 0 Å². The summed E-state index contributed by atoms with van der Waals surface area (Å²) in [4.78, 5) is 2.50. The first-order valence-corrected chi connectivity index (χ1v) is 4.04. The fourth-order valence-corrected chi connectivity index (χ4v) is 1.14. The molecule has 0 fully saturated rings. The Bertz CT molecular complexity index is 130. The van der Waals surface area contributed by atoms with Gasteiger partial charge in [-0.2, -0.15) is 0 Å². The lowest BCUT2D eigenvalue weighted by Crippen LogP contribution is -2.33. The maximum atomic E-state index is 8.73. The summed E-state index contributed by atoms with van der Waals surface area (Å²) >= 11 is 4.73. The molecule has 0 bridgehead atoms. The fourth-order valence-electron chi connectivity index (χ4n) is 0.920. The summed E-state index contributed by atoms with van der Waals surface area (Å²) in [7, 11) is 1.94. The lowest BCUT2D eigenvalue weighted by molar-refractivity contribution is 0.200. The molecule has 0 aliphatic rings. The monoisotopic (exact) mass is 176 g/mol. The van der Waals surface area contributed by atoms with Gasteiger partial charge in [-0.05, 0) is 13.0 Å². The molecule has 3 N–H and O–H groups in total. The molecule has 0 spiro atoms. The summed E-state index contributed by atoms with van der Waals surface area (Å²) in [6, 6.07) is 0. The molecule has 0 heterocycles. The highest BCUT2D eigenvalue weighted by atomic mass is 32.1. The third-order valence-corrected chi connectivity index (χ3v) is 1.49. The summed E-state index contributed by atoms with van der Waals surface area (Å²) in [5, 5.41) is 8.73. The van der Waals surface area contributed by atoms with E-state index in [1.165, 1.54) is 0 Å². The van der Waals surface area contributed by atoms with Crippen LogP contribution >= 0.6 is 12.2 Å². The van der Waals surface area contributed by atoms with Gasteiger partial charge in [-0.25, -0.2) is 0 Å². The number of rotatable bonds is 5. The minimum absolute atomic E-state index is 0.210. The van der Waals surface area contributed by atoms with Gasteiger partial charge in [0.25, 0.3) is 0 Å². The topological polar surface area (TPSA) is 49.5 Å². The van der Waals surface area contributed by atoms with Gasteiger partial charge in [-0.3, -0.25) is 4.90 Å². The quantitative estimate of drug-likeness (QED) is 0.571. The van der Waals surface area contributed by atoms with Crippen LogP contribution in [0.25, 0.3) is 0 Å². The van der Waals surface area contributed by atoms with Gasteiger partial charge in [-0.15, -0.1) is 0 Å². The van der Waals surface area contributed by atoms with Crippen LogP contribution in [0.5, 0.6) is 0 Å². The number of aliphatic hydroxyl groups is 1. The van der Waals surface area contributed by atoms with Crippen molar-refractivity contribution >= 4 is 17.2 Å². The smallest absolute Gasteiger partial charge is 0.0869 e. The predicted molar refractivity (Wildman–Crippen MR) is 50.5 cm³/mol. The van der Waals surface area contributed by atoms with Gasteiger partial charge in [0.05, 0.1) is 4.99 Å². The van der Waals surface area contributed by atoms with Crippen molar-refractivity contribution in [1.82, 2.24) is 4.90 Å². The highest BCUT2D eigenvalue weighted by Gasteiger charge is 2.04. The van der Waals surface area contributed by atoms with E-state index in [4.69, 9.17) is 23.1 Å². The van der Waals surface area contributed by atoms with Gasteiger partial charge in [0.1, 0.15) is 0 Å². The van der Waals surface area contributed by atoms with E-state index in [1.807, 2.05) is 18.9 Å². The third kappa shape index (κ3) is 6.22. The van der Waals surface area contributed by atoms with E-state index in [1.54, 1.807) is 0 Å². The first-order chi connectivity index (χ1) is 5.06. The van der Waals surface area contributed by atoms with Gasteiger partial charge in [-0.1, -0.05) is 19.1 Å². The molecule has 1 unspecified atom stereocenters. The van der Waals surface area contributed by atoms with Crippen LogP contribution < -0.4 is 5.73 Å². The number of hydrogen-bond acceptors (Lipinski definition) is 3. The number of likely N-dealkylation sites (N-methyl/N-ethyl adjacent to an activating group) is 1. The van der Waals surface area contributed by atoms with E-state index in [9.17, 15) is 0 Å². The standard InChI is InChI=1S/C7H16N2OS/c1-6(5-10)3-9(2)4-7(8)11/h6,10H,3-5H2,1-2H3,(H2,8,11). The number of nitrogens with zero attached hydrogens (tertiary/aromatic N) is 1. The predicted octanol–water partition coefficient (Wildman–Crippen LogP) is -0.167. The van der Waals surface area contributed by atoms with Crippen LogP contribution in [0.2, 0.25) is 0 Å². The molecule has 0 radical (unpaired) electrons. The number of thiocarbonyl (C=S) groups is 1. The second-order valence-corrected chi connectivity index (χ2v) is 3.48. The summed E-state index contributed by atoms with van der Waals surface area (Å²) in [6.45, 7) is 3.64. The Morgan fingerprint density at radius 3 is 2.64 bits per heavy atom. The second kappa shape index (κ2) is 5.46. The molecular formula is C7H16N2OS. The Morgan fingerprint density at radius 2 is 2.27 bits per heavy atom. The largest absolute Gasteiger partial charge is 0.396 e. The molecule has 0 rings (SSSR count). The van der Waals surface area contributed by atoms with Crippen molar-refractivity contribution in [2.75, 3.05) is 26.7 Å². The number of nitrogens with two attached hydrogens (primary N) is 1. The van der Waals surface area contributed by atoms with Crippen molar-refractivity contribution < 1.29 is 5.11 Å². The molecule has 0 saturated carbocycles. The van der Waals surface area contributed by atoms with Crippen LogP contribution in [0.15, 0.2) is 0 Å². The SMILES string of the molecule is CC(CO)CN(C)CC(N)=S. The lowest BCUT2D eigenvalue weighted by Gasteiger charge is -2.18. The fraction of sp³-hybridized carbons (Fsp3) is 0.857. The molecule has 0 aromatic heterocycles. The molecule has 0 saturated heterocycles. The molecule has 0 aromatic rings. The van der Waals surface area contributed by atoms with Crippen LogP contribution in [-0.2, 0) is 0 Å². The van der Waals surface area contributed by atoms with Crippen LogP contribution in [0.3, 0.4) is 0 Å². The molecular weight excluding hydrogens is 160 g/mol. The van der Waals surface area contributed by atoms with Crippen molar-refractivity contribution in [3.05, 3.63) is 0 Å². The molecule has 0 aliphatic carbocycles. The number of hydrogen-bond donors (Lipinski definition) is 2. The highest BCUT2D eigenvalue weighted by Crippen LogP contribution is 1.95. The Morgan fingerprint density at radius 1 is 1.73 bits per heavy atom. The van der Waals surface area contributed by atoms with Crippen molar-refractivity contribution in [3.63, 3.8) is 0 Å². The van der Waals surface area contributed by atoms with Crippen molar-refractivity contribution in [3.8, 4) is 0 Å². The van der Waals surface area contributed by atoms with Gasteiger partial charge in [0, 0.05) is 19.7 Å². The minimum Gasteiger partial charge on any atom is -0.396 e. The Labute approximate surface area is 73.2 Å². The van der Waals surface area contributed by atoms with Crippen LogP contribution in [-0.4, -0.2) is 41.7 Å². The molecule has 1 atom stereocenters. The average Bonchev–Trinajstić information content (AvgIpc) is 1.85. The Kier molecular flexibility index (Phi) is 5.36. The summed E-state index contributed by atoms with van der Waals surface area (Å²) in [6.07, 6.45) is 0. The van der Waals surface area contributed by atoms with Crippen molar-refractivity contribution in [2.45, 2.75) is 6.92 Å². The van der Waals surface area contributed by atoms with Crippen molar-refractivity contribution in [1.29, 1.82) is 0 Å². The molecule has 66 valence electrons. The normalized spacial score (nSPS) is 13.5. The van der Waals surface area contributed by atoms with E-state index >= 15 is 0 Å². The van der Waals surface area contributed by atoms with Crippen molar-refractivity contribution in [2.24, 2.45) is 11.7 Å². The number of aliphatic hydroxyl groups excluding tert-OH is 1. The average molecular weight is 176 g/mol. The van der Waals surface area contributed by atoms with E-state index in [0.717, 1.165) is 6.54 Å². The molecule has 0 aromatic carbocycles. The third-order valence-electron chi connectivity index (χ3n) is 1.36. The molecule has 11 heavy (non-hydrogen) atoms. The molecule has 0 aliphatic heterocycles. The zero-order valence-corrected chi connectivity index (χ0v) is 7.90. The maximum absolute atomic E-state index is 8.73. The molecule has 4 heteroatoms. The van der Waals surface area contributed by atoms with Crippen LogP contribution in [0.1, 0.15) is 6.92 Å². The van der Waals surface area contributed by atoms with Gasteiger partial charge in [0.15, 0.2) is 0 Å². The van der Waals surface area contributed by atoms with E-state index in [0.29, 0.717) is 11.5 Å². The first-order valence-electron chi connectivity index (χ1n) is 3.64. The molecule has 0 amide bonds. The maximum Gasteiger partial charge on any atom is 0.0869 e. The van der Waals surface area contributed by atoms with E-state index in [-0.39, 0.29) is 12.5 Å². The highest BCUT2D eigenvalue weighted by molar-refractivity contribution is 7.80. The Hall–Kier alpha value is -0.190. The summed E-state index contributed by atoms with van der Waals surface area (Å²) in [5.74, 6) is 0.286. The molecule has 3 nitrogen and oxygen atoms in total. The van der Waals surface area contributed by atoms with Gasteiger partial charge >= 0.3 is 0 Å². The van der Waals surface area contributed by atoms with Gasteiger partial charge < -0.3 is 10.8 Å². The zero-order chi connectivity index (χ0) is 8.85. The Balaban J connectivity index is 3.51. The first kappa shape index (κ1) is 10.8. The lowest BCUT2D eigenvalue weighted by atomic mass is 10.2. The van der Waals surface area contributed by atoms with Crippen LogP contribution in [0, 0.1) is 5.92 Å². The minimum atomic E-state index is 0.210. The van der Waals surface area contributed by atoms with E-state index < -0.39 is 0 Å². The van der Waals surface area contributed by atoms with Gasteiger partial charge in [0.2, 0.25) is 0 Å².